The Kier molecular flexibility index (Phi) is 5.02. The van der Waals surface area contributed by atoms with Gasteiger partial charge >= 0.3 is 6.09 Å². The number of ether oxygens (including phenoxy) is 1. The molecule has 0 heterocycles. The van der Waals surface area contributed by atoms with Gasteiger partial charge in [0.25, 0.3) is 0 Å². The van der Waals surface area contributed by atoms with E-state index in [0.29, 0.717) is 0 Å². The number of carbonyl (C=O) groups is 1. The van der Waals surface area contributed by atoms with Crippen molar-refractivity contribution in [1.29, 1.82) is 5.26 Å². The molecule has 0 bridgehead atoms. The molecule has 2 rings (SSSR count). The highest BCUT2D eigenvalue weighted by molar-refractivity contribution is 5.69. The van der Waals surface area contributed by atoms with Crippen molar-refractivity contribution in [2.75, 3.05) is 0 Å². The fourth-order valence-electron chi connectivity index (χ4n) is 2.11. The first-order valence-electron chi connectivity index (χ1n) is 7.43. The average molecular weight is 308 g/mol. The second-order valence-electron chi connectivity index (χ2n) is 6.20. The number of carbonyl (C=O) groups excluding carboxylic acids is 1. The predicted octanol–water partition coefficient (Wildman–Crippen LogP) is 4.44. The minimum absolute atomic E-state index is 0.596. The summed E-state index contributed by atoms with van der Waals surface area (Å²) < 4.78 is 5.18. The van der Waals surface area contributed by atoms with Gasteiger partial charge in [0.15, 0.2) is 0 Å². The third-order valence-electron chi connectivity index (χ3n) is 3.14. The topological polar surface area (TPSA) is 62.1 Å². The van der Waals surface area contributed by atoms with Gasteiger partial charge in [-0.05, 0) is 37.5 Å². The minimum Gasteiger partial charge on any atom is -0.444 e. The van der Waals surface area contributed by atoms with Crippen LogP contribution in [0.1, 0.15) is 32.4 Å². The summed E-state index contributed by atoms with van der Waals surface area (Å²) in [5.74, 6) is 0. The van der Waals surface area contributed by atoms with Crippen LogP contribution in [-0.2, 0) is 4.74 Å². The molecule has 1 atom stereocenters. The van der Waals surface area contributed by atoms with Crippen LogP contribution in [0.5, 0.6) is 0 Å². The van der Waals surface area contributed by atoms with Crippen molar-refractivity contribution in [2.45, 2.75) is 32.4 Å². The highest BCUT2D eigenvalue weighted by atomic mass is 16.6. The molecule has 0 unspecified atom stereocenters. The maximum absolute atomic E-state index is 11.8. The summed E-state index contributed by atoms with van der Waals surface area (Å²) >= 11 is 0. The summed E-state index contributed by atoms with van der Waals surface area (Å²) in [6.07, 6.45) is -0.601. The van der Waals surface area contributed by atoms with E-state index in [0.717, 1.165) is 16.7 Å². The molecule has 0 spiro atoms. The molecule has 118 valence electrons. The van der Waals surface area contributed by atoms with Crippen LogP contribution in [0.3, 0.4) is 0 Å². The molecule has 1 amide bonds. The van der Waals surface area contributed by atoms with E-state index in [-0.39, 0.29) is 0 Å². The molecule has 0 radical (unpaired) electrons. The smallest absolute Gasteiger partial charge is 0.408 e. The Morgan fingerprint density at radius 2 is 1.61 bits per heavy atom. The molecule has 0 aromatic heterocycles. The van der Waals surface area contributed by atoms with Gasteiger partial charge in [-0.3, -0.25) is 0 Å². The van der Waals surface area contributed by atoms with E-state index in [9.17, 15) is 10.1 Å². The molecular weight excluding hydrogens is 288 g/mol. The van der Waals surface area contributed by atoms with Crippen molar-refractivity contribution in [2.24, 2.45) is 0 Å². The predicted molar refractivity (Wildman–Crippen MR) is 89.6 cm³/mol. The Balaban J connectivity index is 2.11. The number of hydrogen-bond acceptors (Lipinski definition) is 3. The molecule has 0 aliphatic heterocycles. The second kappa shape index (κ2) is 6.97. The van der Waals surface area contributed by atoms with Gasteiger partial charge in [0.1, 0.15) is 11.6 Å². The van der Waals surface area contributed by atoms with Gasteiger partial charge in [0.05, 0.1) is 6.07 Å². The van der Waals surface area contributed by atoms with E-state index in [1.165, 1.54) is 0 Å². The number of hydrogen-bond donors (Lipinski definition) is 1. The van der Waals surface area contributed by atoms with Gasteiger partial charge in [0.2, 0.25) is 0 Å². The van der Waals surface area contributed by atoms with Crippen LogP contribution in [0.15, 0.2) is 54.6 Å². The lowest BCUT2D eigenvalue weighted by atomic mass is 10.0. The Bertz CT molecular complexity index is 695. The van der Waals surface area contributed by atoms with Crippen LogP contribution >= 0.6 is 0 Å². The normalized spacial score (nSPS) is 12.1. The zero-order valence-corrected chi connectivity index (χ0v) is 13.5. The highest BCUT2D eigenvalue weighted by Crippen LogP contribution is 2.22. The van der Waals surface area contributed by atoms with Crippen molar-refractivity contribution >= 4 is 6.09 Å². The number of rotatable bonds is 3. The Morgan fingerprint density at radius 3 is 2.13 bits per heavy atom. The van der Waals surface area contributed by atoms with Crippen molar-refractivity contribution in [3.8, 4) is 17.2 Å². The molecule has 0 aliphatic carbocycles. The van der Waals surface area contributed by atoms with Gasteiger partial charge in [-0.25, -0.2) is 4.79 Å². The quantitative estimate of drug-likeness (QED) is 0.911. The third kappa shape index (κ3) is 4.86. The maximum Gasteiger partial charge on any atom is 0.408 e. The molecule has 0 saturated heterocycles. The van der Waals surface area contributed by atoms with E-state index in [1.807, 2.05) is 54.6 Å². The fraction of sp³-hybridized carbons (Fsp3) is 0.263. The first kappa shape index (κ1) is 16.6. The molecule has 4 nitrogen and oxygen atoms in total. The van der Waals surface area contributed by atoms with Crippen LogP contribution in [0, 0.1) is 11.3 Å². The summed E-state index contributed by atoms with van der Waals surface area (Å²) in [4.78, 5) is 11.8. The molecule has 0 saturated carbocycles. The van der Waals surface area contributed by atoms with Crippen molar-refractivity contribution in [3.05, 3.63) is 60.2 Å². The monoisotopic (exact) mass is 308 g/mol. The summed E-state index contributed by atoms with van der Waals surface area (Å²) in [5.41, 5.74) is 2.29. The lowest BCUT2D eigenvalue weighted by molar-refractivity contribution is 0.0515. The van der Waals surface area contributed by atoms with Crippen LogP contribution in [0.4, 0.5) is 4.79 Å². The molecule has 23 heavy (non-hydrogen) atoms. The zero-order chi connectivity index (χ0) is 16.9. The van der Waals surface area contributed by atoms with Crippen molar-refractivity contribution in [3.63, 3.8) is 0 Å². The molecule has 2 aromatic carbocycles. The number of benzene rings is 2. The van der Waals surface area contributed by atoms with Crippen LogP contribution in [-0.4, -0.2) is 11.7 Å². The summed E-state index contributed by atoms with van der Waals surface area (Å²) in [7, 11) is 0. The van der Waals surface area contributed by atoms with Crippen molar-refractivity contribution in [1.82, 2.24) is 5.32 Å². The Hall–Kier alpha value is -2.80. The van der Waals surface area contributed by atoms with Crippen LogP contribution in [0.2, 0.25) is 0 Å². The van der Waals surface area contributed by atoms with Gasteiger partial charge < -0.3 is 10.1 Å². The minimum atomic E-state index is -0.741. The van der Waals surface area contributed by atoms with E-state index < -0.39 is 17.7 Å². The van der Waals surface area contributed by atoms with Gasteiger partial charge in [-0.2, -0.15) is 5.26 Å². The van der Waals surface area contributed by atoms with E-state index in [1.54, 1.807) is 20.8 Å². The van der Waals surface area contributed by atoms with Crippen LogP contribution in [0.25, 0.3) is 11.1 Å². The molecule has 4 heteroatoms. The number of nitriles is 1. The van der Waals surface area contributed by atoms with E-state index in [4.69, 9.17) is 4.74 Å². The average Bonchev–Trinajstić information content (AvgIpc) is 2.52. The van der Waals surface area contributed by atoms with Gasteiger partial charge in [0, 0.05) is 0 Å². The first-order valence-corrected chi connectivity index (χ1v) is 7.43. The summed E-state index contributed by atoms with van der Waals surface area (Å²) in [6.45, 7) is 5.34. The van der Waals surface area contributed by atoms with Gasteiger partial charge in [-0.1, -0.05) is 54.6 Å². The summed E-state index contributed by atoms with van der Waals surface area (Å²) in [6, 6.07) is 18.9. The number of nitrogens with one attached hydrogen (secondary N) is 1. The molecule has 0 aliphatic rings. The number of alkyl carbamates (subject to hydrolysis) is 1. The third-order valence-corrected chi connectivity index (χ3v) is 3.14. The number of nitrogens with zero attached hydrogens (tertiary/aromatic N) is 1. The lowest BCUT2D eigenvalue weighted by Gasteiger charge is -2.21. The van der Waals surface area contributed by atoms with Gasteiger partial charge in [-0.15, -0.1) is 0 Å². The molecule has 0 fully saturated rings. The second-order valence-corrected chi connectivity index (χ2v) is 6.20. The Morgan fingerprint density at radius 1 is 1.04 bits per heavy atom. The number of amides is 1. The lowest BCUT2D eigenvalue weighted by Crippen LogP contribution is -2.34. The first-order chi connectivity index (χ1) is 10.9. The summed E-state index contributed by atoms with van der Waals surface area (Å²) in [5, 5.41) is 11.9. The zero-order valence-electron chi connectivity index (χ0n) is 13.5. The molecule has 1 N–H and O–H groups in total. The van der Waals surface area contributed by atoms with E-state index in [2.05, 4.69) is 11.4 Å². The maximum atomic E-state index is 11.8. The van der Waals surface area contributed by atoms with Crippen LogP contribution < -0.4 is 5.32 Å². The molecular formula is C19H20N2O2. The van der Waals surface area contributed by atoms with E-state index >= 15 is 0 Å². The van der Waals surface area contributed by atoms with Crippen molar-refractivity contribution < 1.29 is 9.53 Å². The Labute approximate surface area is 136 Å². The SMILES string of the molecule is CC(C)(C)OC(=O)N[C@H](C#N)c1ccc(-c2ccccc2)cc1. The largest absolute Gasteiger partial charge is 0.444 e. The fourth-order valence-corrected chi connectivity index (χ4v) is 2.11. The highest BCUT2D eigenvalue weighted by Gasteiger charge is 2.20. The standard InChI is InChI=1S/C19H20N2O2/c1-19(2,3)23-18(22)21-17(13-20)16-11-9-15(10-12-16)14-7-5-4-6-8-14/h4-12,17H,1-3H3,(H,21,22)/t17-/m1/s1. The molecule has 2 aromatic rings.